The number of pyridine rings is 1. The number of benzene rings is 1. The number of hydrogen-bond acceptors (Lipinski definition) is 6. The monoisotopic (exact) mass is 440 g/mol. The first-order chi connectivity index (χ1) is 14.2. The summed E-state index contributed by atoms with van der Waals surface area (Å²) in [6.07, 6.45) is -2.13. The van der Waals surface area contributed by atoms with Crippen LogP contribution in [0, 0.1) is 10.1 Å². The van der Waals surface area contributed by atoms with Crippen molar-refractivity contribution in [2.45, 2.75) is 28.9 Å². The van der Waals surface area contributed by atoms with E-state index in [4.69, 9.17) is 0 Å². The number of nitrogens with zero attached hydrogens (tertiary/aromatic N) is 4. The molecular formula is C20H23F3N4O2S. The Labute approximate surface area is 177 Å². The van der Waals surface area contributed by atoms with E-state index >= 15 is 0 Å². The number of nitro groups is 1. The second kappa shape index (κ2) is 9.76. The predicted octanol–water partition coefficient (Wildman–Crippen LogP) is 4.34. The third-order valence-electron chi connectivity index (χ3n) is 5.05. The smallest absolute Gasteiger partial charge is 0.304 e. The van der Waals surface area contributed by atoms with E-state index in [0.717, 1.165) is 61.9 Å². The van der Waals surface area contributed by atoms with E-state index in [0.29, 0.717) is 11.4 Å². The Bertz CT molecular complexity index is 869. The molecule has 0 N–H and O–H groups in total. The summed E-state index contributed by atoms with van der Waals surface area (Å²) in [6.45, 7) is 4.96. The number of aryl methyl sites for hydroxylation is 1. The van der Waals surface area contributed by atoms with Crippen LogP contribution in [0.1, 0.15) is 17.5 Å². The van der Waals surface area contributed by atoms with Gasteiger partial charge in [0.25, 0.3) is 5.69 Å². The van der Waals surface area contributed by atoms with Gasteiger partial charge < -0.3 is 9.80 Å². The van der Waals surface area contributed by atoms with Crippen molar-refractivity contribution in [2.75, 3.05) is 39.8 Å². The highest BCUT2D eigenvalue weighted by molar-refractivity contribution is 7.99. The first-order valence-corrected chi connectivity index (χ1v) is 10.4. The number of non-ortho nitro benzene ring substituents is 1. The van der Waals surface area contributed by atoms with Crippen LogP contribution in [0.25, 0.3) is 0 Å². The lowest BCUT2D eigenvalue weighted by atomic mass is 10.1. The van der Waals surface area contributed by atoms with Gasteiger partial charge in [0, 0.05) is 49.4 Å². The fraction of sp³-hybridized carbons (Fsp3) is 0.450. The van der Waals surface area contributed by atoms with E-state index in [1.807, 2.05) is 0 Å². The maximum Gasteiger partial charge on any atom is 0.417 e. The molecule has 3 rings (SSSR count). The molecule has 10 heteroatoms. The summed E-state index contributed by atoms with van der Waals surface area (Å²) in [5.41, 5.74) is 0.0160. The van der Waals surface area contributed by atoms with Gasteiger partial charge in [-0.1, -0.05) is 11.8 Å². The highest BCUT2D eigenvalue weighted by Gasteiger charge is 2.30. The van der Waals surface area contributed by atoms with Crippen molar-refractivity contribution in [1.82, 2.24) is 14.8 Å². The quantitative estimate of drug-likeness (QED) is 0.472. The fourth-order valence-electron chi connectivity index (χ4n) is 3.26. The average Bonchev–Trinajstić information content (AvgIpc) is 2.70. The number of rotatable bonds is 7. The van der Waals surface area contributed by atoms with Crippen LogP contribution in [0.4, 0.5) is 18.9 Å². The maximum atomic E-state index is 12.7. The first kappa shape index (κ1) is 22.5. The standard InChI is InChI=1S/C20H23F3N4O2S/c1-25-9-11-26(12-10-25)8-2-3-15-13-17(27(28)29)5-6-18(15)30-19-7-4-16(14-24-19)20(21,22)23/h4-7,13-14H,2-3,8-12H2,1H3. The second-order valence-electron chi connectivity index (χ2n) is 7.28. The third-order valence-corrected chi connectivity index (χ3v) is 6.12. The predicted molar refractivity (Wildman–Crippen MR) is 109 cm³/mol. The molecule has 1 fully saturated rings. The minimum absolute atomic E-state index is 0.00864. The number of piperazine rings is 1. The van der Waals surface area contributed by atoms with Crippen molar-refractivity contribution in [3.05, 3.63) is 57.8 Å². The molecule has 162 valence electrons. The van der Waals surface area contributed by atoms with Gasteiger partial charge in [-0.2, -0.15) is 13.2 Å². The van der Waals surface area contributed by atoms with Crippen molar-refractivity contribution < 1.29 is 18.1 Å². The summed E-state index contributed by atoms with van der Waals surface area (Å²) in [5, 5.41) is 11.6. The van der Waals surface area contributed by atoms with Gasteiger partial charge in [0.05, 0.1) is 10.5 Å². The topological polar surface area (TPSA) is 62.5 Å². The van der Waals surface area contributed by atoms with E-state index in [2.05, 4.69) is 21.8 Å². The Hall–Kier alpha value is -2.17. The van der Waals surface area contributed by atoms with Crippen LogP contribution in [-0.2, 0) is 12.6 Å². The van der Waals surface area contributed by atoms with E-state index < -0.39 is 16.7 Å². The van der Waals surface area contributed by atoms with E-state index in [1.54, 1.807) is 12.1 Å². The third kappa shape index (κ3) is 6.16. The average molecular weight is 440 g/mol. The molecule has 1 aliphatic rings. The number of nitro benzene ring substituents is 1. The Morgan fingerprint density at radius 2 is 1.90 bits per heavy atom. The summed E-state index contributed by atoms with van der Waals surface area (Å²) in [4.78, 5) is 20.1. The minimum atomic E-state index is -4.43. The second-order valence-corrected chi connectivity index (χ2v) is 8.34. The van der Waals surface area contributed by atoms with Crippen LogP contribution < -0.4 is 0 Å². The van der Waals surface area contributed by atoms with Crippen molar-refractivity contribution in [3.8, 4) is 0 Å². The van der Waals surface area contributed by atoms with Gasteiger partial charge in [-0.05, 0) is 50.2 Å². The highest BCUT2D eigenvalue weighted by Crippen LogP contribution is 2.34. The Morgan fingerprint density at radius 3 is 2.50 bits per heavy atom. The van der Waals surface area contributed by atoms with Crippen molar-refractivity contribution in [3.63, 3.8) is 0 Å². The van der Waals surface area contributed by atoms with Crippen LogP contribution in [-0.4, -0.2) is 59.5 Å². The largest absolute Gasteiger partial charge is 0.417 e. The molecule has 1 aliphatic heterocycles. The van der Waals surface area contributed by atoms with Crippen molar-refractivity contribution in [1.29, 1.82) is 0 Å². The number of aromatic nitrogens is 1. The Balaban J connectivity index is 1.69. The number of likely N-dealkylation sites (N-methyl/N-ethyl adjacent to an activating group) is 1. The lowest BCUT2D eigenvalue weighted by Crippen LogP contribution is -2.44. The molecule has 0 unspecified atom stereocenters. The van der Waals surface area contributed by atoms with E-state index in [9.17, 15) is 23.3 Å². The molecule has 0 bridgehead atoms. The summed E-state index contributed by atoms with van der Waals surface area (Å²) in [5.74, 6) is 0. The molecular weight excluding hydrogens is 417 g/mol. The van der Waals surface area contributed by atoms with Crippen LogP contribution in [0.5, 0.6) is 0 Å². The number of hydrogen-bond donors (Lipinski definition) is 0. The molecule has 2 aromatic rings. The molecule has 1 saturated heterocycles. The normalized spacial score (nSPS) is 16.0. The zero-order valence-corrected chi connectivity index (χ0v) is 17.4. The Morgan fingerprint density at radius 1 is 1.17 bits per heavy atom. The molecule has 0 amide bonds. The lowest BCUT2D eigenvalue weighted by molar-refractivity contribution is -0.385. The SMILES string of the molecule is CN1CCN(CCCc2cc([N+](=O)[O-])ccc2Sc2ccc(C(F)(F)F)cn2)CC1. The van der Waals surface area contributed by atoms with Crippen molar-refractivity contribution >= 4 is 17.4 Å². The van der Waals surface area contributed by atoms with E-state index in [1.165, 1.54) is 23.9 Å². The molecule has 0 atom stereocenters. The van der Waals surface area contributed by atoms with Gasteiger partial charge in [0.15, 0.2) is 0 Å². The van der Waals surface area contributed by atoms with Gasteiger partial charge in [0.2, 0.25) is 0 Å². The molecule has 30 heavy (non-hydrogen) atoms. The zero-order valence-electron chi connectivity index (χ0n) is 16.6. The molecule has 1 aromatic carbocycles. The summed E-state index contributed by atoms with van der Waals surface area (Å²) >= 11 is 1.22. The molecule has 0 spiro atoms. The van der Waals surface area contributed by atoms with Crippen LogP contribution in [0.3, 0.4) is 0 Å². The molecule has 0 radical (unpaired) electrons. The van der Waals surface area contributed by atoms with Crippen LogP contribution in [0.15, 0.2) is 46.5 Å². The molecule has 1 aromatic heterocycles. The maximum absolute atomic E-state index is 12.7. The lowest BCUT2D eigenvalue weighted by Gasteiger charge is -2.32. The van der Waals surface area contributed by atoms with Gasteiger partial charge in [-0.25, -0.2) is 4.98 Å². The summed E-state index contributed by atoms with van der Waals surface area (Å²) in [6, 6.07) is 6.93. The number of halogens is 3. The first-order valence-electron chi connectivity index (χ1n) is 9.62. The summed E-state index contributed by atoms with van der Waals surface area (Å²) < 4.78 is 38.2. The fourth-order valence-corrected chi connectivity index (χ4v) is 4.15. The highest BCUT2D eigenvalue weighted by atomic mass is 32.2. The zero-order chi connectivity index (χ0) is 21.7. The van der Waals surface area contributed by atoms with Crippen molar-refractivity contribution in [2.24, 2.45) is 0 Å². The molecule has 0 aliphatic carbocycles. The van der Waals surface area contributed by atoms with Gasteiger partial charge in [-0.3, -0.25) is 10.1 Å². The molecule has 6 nitrogen and oxygen atoms in total. The van der Waals surface area contributed by atoms with Gasteiger partial charge in [-0.15, -0.1) is 0 Å². The van der Waals surface area contributed by atoms with Crippen LogP contribution in [0.2, 0.25) is 0 Å². The Kier molecular flexibility index (Phi) is 7.32. The van der Waals surface area contributed by atoms with E-state index in [-0.39, 0.29) is 5.69 Å². The number of alkyl halides is 3. The minimum Gasteiger partial charge on any atom is -0.304 e. The summed E-state index contributed by atoms with van der Waals surface area (Å²) in [7, 11) is 2.10. The van der Waals surface area contributed by atoms with Gasteiger partial charge >= 0.3 is 6.18 Å². The molecule has 2 heterocycles. The molecule has 0 saturated carbocycles. The van der Waals surface area contributed by atoms with Crippen LogP contribution >= 0.6 is 11.8 Å². The van der Waals surface area contributed by atoms with Gasteiger partial charge in [0.1, 0.15) is 5.03 Å².